The second-order valence-corrected chi connectivity index (χ2v) is 8.87. The van der Waals surface area contributed by atoms with Crippen molar-refractivity contribution in [1.29, 1.82) is 0 Å². The Hall–Kier alpha value is -2.64. The smallest absolute Gasteiger partial charge is 0.257 e. The number of hydrogen-bond acceptors (Lipinski definition) is 3. The SMILES string of the molecule is CCCCN(C)S(=O)(=O)c1ccc(NC(=O)c2cn(C)c3ccccc23)cc1. The third-order valence-electron chi connectivity index (χ3n) is 4.79. The fourth-order valence-corrected chi connectivity index (χ4v) is 4.32. The molecule has 7 heteroatoms. The molecule has 0 aliphatic rings. The van der Waals surface area contributed by atoms with Gasteiger partial charge in [0.05, 0.1) is 10.5 Å². The summed E-state index contributed by atoms with van der Waals surface area (Å²) in [6.45, 7) is 2.51. The van der Waals surface area contributed by atoms with Crippen molar-refractivity contribution >= 4 is 32.5 Å². The fraction of sp³-hybridized carbons (Fsp3) is 0.286. The van der Waals surface area contributed by atoms with Crippen LogP contribution >= 0.6 is 0 Å². The Morgan fingerprint density at radius 1 is 1.11 bits per heavy atom. The van der Waals surface area contributed by atoms with Gasteiger partial charge in [-0.3, -0.25) is 4.79 Å². The van der Waals surface area contributed by atoms with Crippen LogP contribution < -0.4 is 5.32 Å². The molecule has 0 unspecified atom stereocenters. The number of sulfonamides is 1. The van der Waals surface area contributed by atoms with E-state index < -0.39 is 10.0 Å². The summed E-state index contributed by atoms with van der Waals surface area (Å²) in [6, 6.07) is 14.0. The van der Waals surface area contributed by atoms with Crippen LogP contribution in [0.1, 0.15) is 30.1 Å². The highest BCUT2D eigenvalue weighted by molar-refractivity contribution is 7.89. The van der Waals surface area contributed by atoms with E-state index in [-0.39, 0.29) is 10.8 Å². The summed E-state index contributed by atoms with van der Waals surface area (Å²) in [5, 5.41) is 3.72. The van der Waals surface area contributed by atoms with E-state index in [0.717, 1.165) is 23.7 Å². The van der Waals surface area contributed by atoms with Gasteiger partial charge in [0.1, 0.15) is 0 Å². The maximum atomic E-state index is 12.7. The molecular weight excluding hydrogens is 374 g/mol. The fourth-order valence-electron chi connectivity index (χ4n) is 3.11. The average Bonchev–Trinajstić information content (AvgIpc) is 3.03. The molecule has 1 aromatic heterocycles. The van der Waals surface area contributed by atoms with Crippen molar-refractivity contribution in [3.8, 4) is 0 Å². The number of benzene rings is 2. The number of rotatable bonds is 7. The lowest BCUT2D eigenvalue weighted by Gasteiger charge is -2.17. The van der Waals surface area contributed by atoms with Crippen LogP contribution in [0, 0.1) is 0 Å². The molecule has 0 atom stereocenters. The van der Waals surface area contributed by atoms with E-state index in [2.05, 4.69) is 5.32 Å². The Morgan fingerprint density at radius 2 is 1.79 bits per heavy atom. The average molecular weight is 400 g/mol. The van der Waals surface area contributed by atoms with Crippen LogP contribution in [0.25, 0.3) is 10.9 Å². The van der Waals surface area contributed by atoms with Gasteiger partial charge in [0.25, 0.3) is 5.91 Å². The number of carbonyl (C=O) groups excluding carboxylic acids is 1. The van der Waals surface area contributed by atoms with Crippen molar-refractivity contribution in [1.82, 2.24) is 8.87 Å². The van der Waals surface area contributed by atoms with E-state index in [1.807, 2.05) is 42.8 Å². The van der Waals surface area contributed by atoms with Gasteiger partial charge in [-0.15, -0.1) is 0 Å². The second-order valence-electron chi connectivity index (χ2n) is 6.83. The molecule has 0 spiro atoms. The van der Waals surface area contributed by atoms with Gasteiger partial charge in [-0.2, -0.15) is 0 Å². The molecule has 0 aliphatic heterocycles. The number of aromatic nitrogens is 1. The highest BCUT2D eigenvalue weighted by Crippen LogP contribution is 2.22. The summed E-state index contributed by atoms with van der Waals surface area (Å²) in [4.78, 5) is 12.9. The largest absolute Gasteiger partial charge is 0.350 e. The van der Waals surface area contributed by atoms with E-state index in [0.29, 0.717) is 17.8 Å². The third kappa shape index (κ3) is 3.95. The highest BCUT2D eigenvalue weighted by atomic mass is 32.2. The molecule has 0 fully saturated rings. The lowest BCUT2D eigenvalue weighted by molar-refractivity contribution is 0.102. The number of amides is 1. The maximum absolute atomic E-state index is 12.7. The van der Waals surface area contributed by atoms with E-state index in [1.54, 1.807) is 25.4 Å². The molecule has 2 aromatic carbocycles. The minimum Gasteiger partial charge on any atom is -0.350 e. The number of anilines is 1. The zero-order valence-corrected chi connectivity index (χ0v) is 17.2. The van der Waals surface area contributed by atoms with E-state index in [4.69, 9.17) is 0 Å². The van der Waals surface area contributed by atoms with E-state index in [1.165, 1.54) is 16.4 Å². The standard InChI is InChI=1S/C21H25N3O3S/c1-4-5-14-24(3)28(26,27)17-12-10-16(11-13-17)22-21(25)19-15-23(2)20-9-7-6-8-18(19)20/h6-13,15H,4-5,14H2,1-3H3,(H,22,25). The number of unbranched alkanes of at least 4 members (excludes halogenated alkanes) is 1. The predicted octanol–water partition coefficient (Wildman–Crippen LogP) is 3.85. The third-order valence-corrected chi connectivity index (χ3v) is 6.66. The molecule has 0 bridgehead atoms. The number of fused-ring (bicyclic) bond motifs is 1. The Balaban J connectivity index is 1.78. The molecule has 3 rings (SSSR count). The Morgan fingerprint density at radius 3 is 2.46 bits per heavy atom. The van der Waals surface area contributed by atoms with Crippen molar-refractivity contribution in [2.24, 2.45) is 7.05 Å². The lowest BCUT2D eigenvalue weighted by atomic mass is 10.1. The molecule has 0 saturated heterocycles. The van der Waals surface area contributed by atoms with Crippen molar-refractivity contribution in [3.05, 3.63) is 60.3 Å². The van der Waals surface area contributed by atoms with Crippen LogP contribution in [0.5, 0.6) is 0 Å². The number of aryl methyl sites for hydroxylation is 1. The lowest BCUT2D eigenvalue weighted by Crippen LogP contribution is -2.27. The van der Waals surface area contributed by atoms with Gasteiger partial charge in [-0.05, 0) is 36.8 Å². The molecule has 1 amide bonds. The topological polar surface area (TPSA) is 71.4 Å². The van der Waals surface area contributed by atoms with E-state index >= 15 is 0 Å². The van der Waals surface area contributed by atoms with Crippen molar-refractivity contribution in [2.75, 3.05) is 18.9 Å². The van der Waals surface area contributed by atoms with Gasteiger partial charge in [0, 0.05) is 43.4 Å². The Kier molecular flexibility index (Phi) is 5.86. The summed E-state index contributed by atoms with van der Waals surface area (Å²) in [7, 11) is -0.0356. The van der Waals surface area contributed by atoms with Crippen LogP contribution in [0.4, 0.5) is 5.69 Å². The first-order chi connectivity index (χ1) is 13.3. The summed E-state index contributed by atoms with van der Waals surface area (Å²) in [5.41, 5.74) is 2.10. The van der Waals surface area contributed by atoms with Gasteiger partial charge in [-0.25, -0.2) is 12.7 Å². The normalized spacial score (nSPS) is 11.9. The molecule has 28 heavy (non-hydrogen) atoms. The van der Waals surface area contributed by atoms with Gasteiger partial charge in [0.15, 0.2) is 0 Å². The number of para-hydroxylation sites is 1. The summed E-state index contributed by atoms with van der Waals surface area (Å²) in [5.74, 6) is -0.229. The van der Waals surface area contributed by atoms with Crippen LogP contribution in [-0.4, -0.2) is 36.8 Å². The highest BCUT2D eigenvalue weighted by Gasteiger charge is 2.20. The van der Waals surface area contributed by atoms with Gasteiger partial charge < -0.3 is 9.88 Å². The van der Waals surface area contributed by atoms with E-state index in [9.17, 15) is 13.2 Å². The molecule has 0 aliphatic carbocycles. The molecular formula is C21H25N3O3S. The second kappa shape index (κ2) is 8.16. The quantitative estimate of drug-likeness (QED) is 0.656. The number of hydrogen-bond donors (Lipinski definition) is 1. The molecule has 1 heterocycles. The van der Waals surface area contributed by atoms with Gasteiger partial charge >= 0.3 is 0 Å². The van der Waals surface area contributed by atoms with Crippen LogP contribution in [0.2, 0.25) is 0 Å². The minimum atomic E-state index is -3.52. The molecule has 6 nitrogen and oxygen atoms in total. The molecule has 1 N–H and O–H groups in total. The number of carbonyl (C=O) groups is 1. The molecule has 3 aromatic rings. The molecule has 0 radical (unpaired) electrons. The maximum Gasteiger partial charge on any atom is 0.257 e. The van der Waals surface area contributed by atoms with Gasteiger partial charge in [0.2, 0.25) is 10.0 Å². The van der Waals surface area contributed by atoms with Crippen LogP contribution in [0.3, 0.4) is 0 Å². The zero-order chi connectivity index (χ0) is 20.3. The monoisotopic (exact) mass is 399 g/mol. The Labute approximate surface area is 165 Å². The summed E-state index contributed by atoms with van der Waals surface area (Å²) < 4.78 is 28.4. The van der Waals surface area contributed by atoms with Crippen molar-refractivity contribution < 1.29 is 13.2 Å². The van der Waals surface area contributed by atoms with Crippen molar-refractivity contribution in [2.45, 2.75) is 24.7 Å². The van der Waals surface area contributed by atoms with Crippen LogP contribution in [-0.2, 0) is 17.1 Å². The predicted molar refractivity (Wildman–Crippen MR) is 112 cm³/mol. The molecule has 148 valence electrons. The summed E-state index contributed by atoms with van der Waals surface area (Å²) >= 11 is 0. The van der Waals surface area contributed by atoms with Gasteiger partial charge in [-0.1, -0.05) is 31.5 Å². The molecule has 0 saturated carbocycles. The van der Waals surface area contributed by atoms with Crippen LogP contribution in [0.15, 0.2) is 59.6 Å². The number of nitrogens with one attached hydrogen (secondary N) is 1. The number of nitrogens with zero attached hydrogens (tertiary/aromatic N) is 2. The van der Waals surface area contributed by atoms with Crippen molar-refractivity contribution in [3.63, 3.8) is 0 Å². The Bertz CT molecular complexity index is 1090. The first kappa shape index (κ1) is 20.1. The summed E-state index contributed by atoms with van der Waals surface area (Å²) in [6.07, 6.45) is 3.54. The first-order valence-corrected chi connectivity index (χ1v) is 10.7. The first-order valence-electron chi connectivity index (χ1n) is 9.26. The zero-order valence-electron chi connectivity index (χ0n) is 16.3. The minimum absolute atomic E-state index is 0.217.